The molecule has 0 fully saturated rings. The van der Waals surface area contributed by atoms with E-state index in [1.54, 1.807) is 0 Å². The van der Waals surface area contributed by atoms with Crippen LogP contribution >= 0.6 is 11.3 Å². The second-order valence-electron chi connectivity index (χ2n) is 14.8. The van der Waals surface area contributed by atoms with E-state index in [2.05, 4.69) is 229 Å². The fourth-order valence-electron chi connectivity index (χ4n) is 9.31. The summed E-state index contributed by atoms with van der Waals surface area (Å²) in [6, 6.07) is 82.4. The number of para-hydroxylation sites is 1. The lowest BCUT2D eigenvalue weighted by Crippen LogP contribution is -2.28. The maximum atomic E-state index is 2.44. The first-order chi connectivity index (χ1) is 28.3. The van der Waals surface area contributed by atoms with E-state index in [1.807, 2.05) is 11.3 Å². The summed E-state index contributed by atoms with van der Waals surface area (Å²) in [4.78, 5) is 2.44. The summed E-state index contributed by atoms with van der Waals surface area (Å²) < 4.78 is 2.59. The molecule has 10 aromatic rings. The first kappa shape index (κ1) is 33.3. The number of nitrogens with zero attached hydrogens (tertiary/aromatic N) is 1. The van der Waals surface area contributed by atoms with Crippen LogP contribution in [0, 0.1) is 0 Å². The molecule has 0 spiro atoms. The molecule has 1 heterocycles. The van der Waals surface area contributed by atoms with E-state index in [-0.39, 0.29) is 0 Å². The van der Waals surface area contributed by atoms with Crippen LogP contribution in [0.25, 0.3) is 53.6 Å². The molecule has 1 aromatic heterocycles. The number of thiophene rings is 1. The van der Waals surface area contributed by atoms with Crippen LogP contribution < -0.4 is 4.90 Å². The zero-order valence-corrected chi connectivity index (χ0v) is 32.0. The van der Waals surface area contributed by atoms with Crippen molar-refractivity contribution >= 4 is 48.6 Å². The van der Waals surface area contributed by atoms with Gasteiger partial charge in [0, 0.05) is 31.5 Å². The average Bonchev–Trinajstić information content (AvgIpc) is 3.83. The van der Waals surface area contributed by atoms with Crippen LogP contribution in [0.3, 0.4) is 0 Å². The van der Waals surface area contributed by atoms with Crippen LogP contribution in [0.5, 0.6) is 0 Å². The highest BCUT2D eigenvalue weighted by molar-refractivity contribution is 7.26. The first-order valence-corrected chi connectivity index (χ1v) is 20.4. The molecule has 1 nitrogen and oxygen atoms in total. The Morgan fingerprint density at radius 1 is 0.368 bits per heavy atom. The molecular formula is C55H37NS. The SMILES string of the molecule is c1ccc(-c2ccc(N(c3ccccc3)c3cccc(-c4cccc(C5(c6ccccc6)c6ccccc6-c6ccccc65)c4)c3)c3c2sc2ccccc23)cc1. The van der Waals surface area contributed by atoms with Gasteiger partial charge in [-0.05, 0) is 98.1 Å². The number of hydrogen-bond acceptors (Lipinski definition) is 2. The number of anilines is 3. The van der Waals surface area contributed by atoms with E-state index in [0.29, 0.717) is 0 Å². The number of hydrogen-bond donors (Lipinski definition) is 0. The number of fused-ring (bicyclic) bond motifs is 6. The molecule has 0 atom stereocenters. The Labute approximate surface area is 337 Å². The maximum Gasteiger partial charge on any atom is 0.0713 e. The molecule has 1 aliphatic rings. The summed E-state index contributed by atoms with van der Waals surface area (Å²) >= 11 is 1.88. The summed E-state index contributed by atoms with van der Waals surface area (Å²) in [5.41, 5.74) is 15.6. The minimum absolute atomic E-state index is 0.454. The van der Waals surface area contributed by atoms with Gasteiger partial charge in [0.15, 0.2) is 0 Å². The fourth-order valence-corrected chi connectivity index (χ4v) is 10.6. The lowest BCUT2D eigenvalue weighted by atomic mass is 9.67. The van der Waals surface area contributed by atoms with Crippen molar-refractivity contribution in [1.82, 2.24) is 0 Å². The Hall–Kier alpha value is -7.00. The fraction of sp³-hybridized carbons (Fsp3) is 0.0182. The second-order valence-corrected chi connectivity index (χ2v) is 15.9. The van der Waals surface area contributed by atoms with Gasteiger partial charge in [0.05, 0.1) is 11.1 Å². The summed E-state index contributed by atoms with van der Waals surface area (Å²) in [6.45, 7) is 0. The summed E-state index contributed by atoms with van der Waals surface area (Å²) in [7, 11) is 0. The van der Waals surface area contributed by atoms with Crippen LogP contribution in [0.15, 0.2) is 224 Å². The topological polar surface area (TPSA) is 3.24 Å². The smallest absolute Gasteiger partial charge is 0.0713 e. The lowest BCUT2D eigenvalue weighted by Gasteiger charge is -2.34. The molecule has 0 aliphatic heterocycles. The first-order valence-electron chi connectivity index (χ1n) is 19.6. The Balaban J connectivity index is 1.11. The van der Waals surface area contributed by atoms with Gasteiger partial charge in [-0.1, -0.05) is 182 Å². The van der Waals surface area contributed by atoms with E-state index in [0.717, 1.165) is 11.4 Å². The monoisotopic (exact) mass is 743 g/mol. The predicted molar refractivity (Wildman–Crippen MR) is 242 cm³/mol. The van der Waals surface area contributed by atoms with E-state index in [1.165, 1.54) is 81.5 Å². The Morgan fingerprint density at radius 3 is 1.65 bits per heavy atom. The zero-order chi connectivity index (χ0) is 37.8. The zero-order valence-electron chi connectivity index (χ0n) is 31.2. The molecule has 0 saturated carbocycles. The van der Waals surface area contributed by atoms with E-state index in [9.17, 15) is 0 Å². The summed E-state index contributed by atoms with van der Waals surface area (Å²) in [6.07, 6.45) is 0. The molecule has 0 amide bonds. The van der Waals surface area contributed by atoms with Crippen LogP contribution in [0.4, 0.5) is 17.1 Å². The highest BCUT2D eigenvalue weighted by Crippen LogP contribution is 2.56. The second kappa shape index (κ2) is 13.6. The molecule has 11 rings (SSSR count). The van der Waals surface area contributed by atoms with Crippen molar-refractivity contribution < 1.29 is 0 Å². The third kappa shape index (κ3) is 5.29. The maximum absolute atomic E-state index is 2.44. The third-order valence-corrected chi connectivity index (χ3v) is 12.9. The normalized spacial score (nSPS) is 12.7. The van der Waals surface area contributed by atoms with E-state index in [4.69, 9.17) is 0 Å². The molecule has 0 radical (unpaired) electrons. The molecular weight excluding hydrogens is 707 g/mol. The van der Waals surface area contributed by atoms with Crippen molar-refractivity contribution in [2.75, 3.05) is 4.90 Å². The Kier molecular flexibility index (Phi) is 7.98. The molecule has 0 N–H and O–H groups in total. The molecule has 57 heavy (non-hydrogen) atoms. The van der Waals surface area contributed by atoms with Crippen molar-refractivity contribution in [1.29, 1.82) is 0 Å². The Bertz CT molecular complexity index is 3030. The van der Waals surface area contributed by atoms with Crippen LogP contribution in [0.1, 0.15) is 22.3 Å². The minimum Gasteiger partial charge on any atom is -0.310 e. The molecule has 0 bridgehead atoms. The standard InChI is InChI=1S/C55H37NS/c1-4-18-38(19-5-1)45-34-35-51(53-48-30-12-15-33-52(48)57-54(45)53)56(43-25-8-3-9-26-43)44-27-17-21-40(37-44)39-20-16-24-42(36-39)55(41-22-6-2-7-23-41)49-31-13-10-28-46(49)47-29-11-14-32-50(47)55/h1-37H. The molecule has 9 aromatic carbocycles. The quantitative estimate of drug-likeness (QED) is 0.157. The number of benzene rings is 9. The third-order valence-electron chi connectivity index (χ3n) is 11.7. The van der Waals surface area contributed by atoms with Crippen LogP contribution in [-0.4, -0.2) is 0 Å². The molecule has 0 saturated heterocycles. The van der Waals surface area contributed by atoms with Gasteiger partial charge in [0.1, 0.15) is 0 Å². The van der Waals surface area contributed by atoms with Gasteiger partial charge in [-0.25, -0.2) is 0 Å². The molecule has 0 unspecified atom stereocenters. The highest BCUT2D eigenvalue weighted by Gasteiger charge is 2.45. The van der Waals surface area contributed by atoms with Gasteiger partial charge in [0.2, 0.25) is 0 Å². The summed E-state index contributed by atoms with van der Waals surface area (Å²) in [5, 5.41) is 2.55. The number of rotatable bonds is 7. The van der Waals surface area contributed by atoms with Gasteiger partial charge in [-0.3, -0.25) is 0 Å². The van der Waals surface area contributed by atoms with Gasteiger partial charge in [0.25, 0.3) is 0 Å². The van der Waals surface area contributed by atoms with Gasteiger partial charge >= 0.3 is 0 Å². The van der Waals surface area contributed by atoms with Crippen LogP contribution in [0.2, 0.25) is 0 Å². The average molecular weight is 744 g/mol. The minimum atomic E-state index is -0.454. The lowest BCUT2D eigenvalue weighted by molar-refractivity contribution is 0.769. The molecule has 268 valence electrons. The van der Waals surface area contributed by atoms with Crippen molar-refractivity contribution in [3.05, 3.63) is 247 Å². The Morgan fingerprint density at radius 2 is 0.912 bits per heavy atom. The van der Waals surface area contributed by atoms with Gasteiger partial charge < -0.3 is 4.90 Å². The van der Waals surface area contributed by atoms with Gasteiger partial charge in [-0.15, -0.1) is 11.3 Å². The van der Waals surface area contributed by atoms with Crippen LogP contribution in [-0.2, 0) is 5.41 Å². The largest absolute Gasteiger partial charge is 0.310 e. The van der Waals surface area contributed by atoms with Crippen molar-refractivity contribution in [3.8, 4) is 33.4 Å². The molecule has 1 aliphatic carbocycles. The van der Waals surface area contributed by atoms with Crippen molar-refractivity contribution in [2.24, 2.45) is 0 Å². The van der Waals surface area contributed by atoms with E-state index >= 15 is 0 Å². The predicted octanol–water partition coefficient (Wildman–Crippen LogP) is 15.2. The van der Waals surface area contributed by atoms with Crippen molar-refractivity contribution in [3.63, 3.8) is 0 Å². The molecule has 2 heteroatoms. The highest BCUT2D eigenvalue weighted by atomic mass is 32.1. The van der Waals surface area contributed by atoms with Gasteiger partial charge in [-0.2, -0.15) is 0 Å². The van der Waals surface area contributed by atoms with E-state index < -0.39 is 5.41 Å². The van der Waals surface area contributed by atoms with Crippen molar-refractivity contribution in [2.45, 2.75) is 5.41 Å². The summed E-state index contributed by atoms with van der Waals surface area (Å²) in [5.74, 6) is 0.